The number of benzene rings is 1. The van der Waals surface area contributed by atoms with Crippen LogP contribution in [0.25, 0.3) is 0 Å². The number of likely N-dealkylation sites (tertiary alicyclic amines) is 1. The summed E-state index contributed by atoms with van der Waals surface area (Å²) in [6.45, 7) is 5.24. The minimum atomic E-state index is 0.211. The Morgan fingerprint density at radius 2 is 2.16 bits per heavy atom. The first-order chi connectivity index (χ1) is 12.1. The molecule has 1 saturated heterocycles. The van der Waals surface area contributed by atoms with Gasteiger partial charge in [0.15, 0.2) is 5.96 Å². The lowest BCUT2D eigenvalue weighted by Gasteiger charge is -2.18. The minimum Gasteiger partial charge on any atom is -0.375 e. The van der Waals surface area contributed by atoms with E-state index in [1.165, 1.54) is 0 Å². The van der Waals surface area contributed by atoms with Crippen molar-refractivity contribution in [2.24, 2.45) is 4.99 Å². The molecule has 25 heavy (non-hydrogen) atoms. The summed E-state index contributed by atoms with van der Waals surface area (Å²) in [7, 11) is 1.74. The van der Waals surface area contributed by atoms with E-state index in [2.05, 4.69) is 15.6 Å². The average molecular weight is 367 g/mol. The van der Waals surface area contributed by atoms with Crippen LogP contribution < -0.4 is 10.6 Å². The summed E-state index contributed by atoms with van der Waals surface area (Å²) in [6, 6.07) is 7.88. The van der Waals surface area contributed by atoms with E-state index < -0.39 is 0 Å². The maximum atomic E-state index is 11.7. The highest BCUT2D eigenvalue weighted by Gasteiger charge is 2.25. The van der Waals surface area contributed by atoms with Gasteiger partial charge in [-0.3, -0.25) is 9.79 Å². The summed E-state index contributed by atoms with van der Waals surface area (Å²) in [6.07, 6.45) is 1.50. The van der Waals surface area contributed by atoms with Gasteiger partial charge in [0.2, 0.25) is 5.91 Å². The molecule has 138 valence electrons. The van der Waals surface area contributed by atoms with E-state index in [0.29, 0.717) is 26.2 Å². The van der Waals surface area contributed by atoms with Crippen molar-refractivity contribution in [3.63, 3.8) is 0 Å². The highest BCUT2D eigenvalue weighted by Crippen LogP contribution is 2.11. The quantitative estimate of drug-likeness (QED) is 0.440. The summed E-state index contributed by atoms with van der Waals surface area (Å²) >= 11 is 5.86. The van der Waals surface area contributed by atoms with Crippen LogP contribution in [0.4, 0.5) is 0 Å². The monoisotopic (exact) mass is 366 g/mol. The van der Waals surface area contributed by atoms with Crippen molar-refractivity contribution in [2.75, 3.05) is 33.3 Å². The van der Waals surface area contributed by atoms with Crippen molar-refractivity contribution in [3.05, 3.63) is 34.9 Å². The lowest BCUT2D eigenvalue weighted by atomic mass is 10.2. The van der Waals surface area contributed by atoms with Gasteiger partial charge in [0.1, 0.15) is 0 Å². The van der Waals surface area contributed by atoms with Crippen molar-refractivity contribution in [2.45, 2.75) is 32.4 Å². The van der Waals surface area contributed by atoms with Crippen LogP contribution in [0.5, 0.6) is 0 Å². The number of guanidine groups is 1. The third-order valence-electron chi connectivity index (χ3n) is 4.13. The van der Waals surface area contributed by atoms with E-state index in [9.17, 15) is 4.79 Å². The molecule has 0 aromatic heterocycles. The summed E-state index contributed by atoms with van der Waals surface area (Å²) in [4.78, 5) is 17.9. The fourth-order valence-electron chi connectivity index (χ4n) is 2.73. The molecule has 1 aliphatic heterocycles. The number of hydrogen-bond donors (Lipinski definition) is 2. The van der Waals surface area contributed by atoms with E-state index in [0.717, 1.165) is 36.1 Å². The minimum absolute atomic E-state index is 0.211. The summed E-state index contributed by atoms with van der Waals surface area (Å²) in [5, 5.41) is 7.33. The van der Waals surface area contributed by atoms with Crippen LogP contribution in [0, 0.1) is 0 Å². The SMILES string of the molecule is CCC(=O)N1CCC(NC(=NC)NCCOCc2ccc(Cl)cc2)C1. The van der Waals surface area contributed by atoms with Gasteiger partial charge in [0, 0.05) is 44.2 Å². The molecule has 1 atom stereocenters. The Labute approximate surface area is 154 Å². The van der Waals surface area contributed by atoms with Gasteiger partial charge in [-0.1, -0.05) is 30.7 Å². The fourth-order valence-corrected chi connectivity index (χ4v) is 2.85. The van der Waals surface area contributed by atoms with Crippen LogP contribution in [0.1, 0.15) is 25.3 Å². The van der Waals surface area contributed by atoms with Gasteiger partial charge in [-0.15, -0.1) is 0 Å². The largest absolute Gasteiger partial charge is 0.375 e. The Morgan fingerprint density at radius 1 is 1.40 bits per heavy atom. The topological polar surface area (TPSA) is 66.0 Å². The average Bonchev–Trinajstić information content (AvgIpc) is 3.10. The van der Waals surface area contributed by atoms with Gasteiger partial charge >= 0.3 is 0 Å². The number of amides is 1. The maximum absolute atomic E-state index is 11.7. The van der Waals surface area contributed by atoms with Crippen molar-refractivity contribution >= 4 is 23.5 Å². The van der Waals surface area contributed by atoms with E-state index in [-0.39, 0.29) is 11.9 Å². The Hall–Kier alpha value is -1.79. The number of carbonyl (C=O) groups excluding carboxylic acids is 1. The van der Waals surface area contributed by atoms with Crippen LogP contribution >= 0.6 is 11.6 Å². The number of nitrogens with one attached hydrogen (secondary N) is 2. The molecular weight excluding hydrogens is 340 g/mol. The number of halogens is 1. The van der Waals surface area contributed by atoms with Crippen LogP contribution in [0.2, 0.25) is 5.02 Å². The van der Waals surface area contributed by atoms with Gasteiger partial charge in [-0.2, -0.15) is 0 Å². The third-order valence-corrected chi connectivity index (χ3v) is 4.38. The molecule has 1 aromatic rings. The van der Waals surface area contributed by atoms with Gasteiger partial charge in [-0.25, -0.2) is 0 Å². The first kappa shape index (κ1) is 19.5. The number of carbonyl (C=O) groups is 1. The molecule has 1 unspecified atom stereocenters. The molecule has 6 nitrogen and oxygen atoms in total. The van der Waals surface area contributed by atoms with E-state index in [1.807, 2.05) is 36.1 Å². The molecule has 0 saturated carbocycles. The first-order valence-electron chi connectivity index (χ1n) is 8.69. The molecule has 0 aliphatic carbocycles. The maximum Gasteiger partial charge on any atom is 0.222 e. The molecule has 2 rings (SSSR count). The summed E-state index contributed by atoms with van der Waals surface area (Å²) < 4.78 is 5.65. The van der Waals surface area contributed by atoms with Crippen molar-refractivity contribution in [1.82, 2.24) is 15.5 Å². The van der Waals surface area contributed by atoms with Crippen LogP contribution in [-0.4, -0.2) is 56.1 Å². The summed E-state index contributed by atoms with van der Waals surface area (Å²) in [5.41, 5.74) is 1.10. The number of aliphatic imine (C=N–C) groups is 1. The smallest absolute Gasteiger partial charge is 0.222 e. The zero-order valence-electron chi connectivity index (χ0n) is 14.9. The molecule has 0 spiro atoms. The van der Waals surface area contributed by atoms with E-state index in [1.54, 1.807) is 7.05 Å². The van der Waals surface area contributed by atoms with Gasteiger partial charge in [-0.05, 0) is 24.1 Å². The van der Waals surface area contributed by atoms with Crippen molar-refractivity contribution in [1.29, 1.82) is 0 Å². The third kappa shape index (κ3) is 6.55. The predicted octanol–water partition coefficient (Wildman–Crippen LogP) is 2.03. The van der Waals surface area contributed by atoms with E-state index >= 15 is 0 Å². The van der Waals surface area contributed by atoms with Gasteiger partial charge in [0.05, 0.1) is 13.2 Å². The van der Waals surface area contributed by atoms with Gasteiger partial charge < -0.3 is 20.3 Å². The molecule has 1 heterocycles. The standard InChI is InChI=1S/C18H27ClN4O2/c1-3-17(24)23-10-8-16(12-23)22-18(20-2)21-9-11-25-13-14-4-6-15(19)7-5-14/h4-7,16H,3,8-13H2,1-2H3,(H2,20,21,22). The number of ether oxygens (including phenoxy) is 1. The fraction of sp³-hybridized carbons (Fsp3) is 0.556. The van der Waals surface area contributed by atoms with Crippen LogP contribution in [-0.2, 0) is 16.1 Å². The normalized spacial score (nSPS) is 17.6. The summed E-state index contributed by atoms with van der Waals surface area (Å²) in [5.74, 6) is 0.953. The molecule has 0 radical (unpaired) electrons. The van der Waals surface area contributed by atoms with Crippen molar-refractivity contribution < 1.29 is 9.53 Å². The molecule has 1 aliphatic rings. The van der Waals surface area contributed by atoms with E-state index in [4.69, 9.17) is 16.3 Å². The zero-order chi connectivity index (χ0) is 18.1. The number of nitrogens with zero attached hydrogens (tertiary/aromatic N) is 2. The Balaban J connectivity index is 1.62. The Bertz CT molecular complexity index is 577. The molecular formula is C18H27ClN4O2. The second-order valence-electron chi connectivity index (χ2n) is 6.00. The molecule has 1 fully saturated rings. The molecule has 1 amide bonds. The number of hydrogen-bond acceptors (Lipinski definition) is 3. The molecule has 1 aromatic carbocycles. The second-order valence-corrected chi connectivity index (χ2v) is 6.44. The van der Waals surface area contributed by atoms with Crippen LogP contribution in [0.15, 0.2) is 29.3 Å². The Kier molecular flexibility index (Phi) is 8.01. The second kappa shape index (κ2) is 10.3. The molecule has 0 bridgehead atoms. The lowest BCUT2D eigenvalue weighted by molar-refractivity contribution is -0.129. The molecule has 2 N–H and O–H groups in total. The number of rotatable bonds is 7. The van der Waals surface area contributed by atoms with Gasteiger partial charge in [0.25, 0.3) is 0 Å². The first-order valence-corrected chi connectivity index (χ1v) is 9.07. The molecule has 7 heteroatoms. The zero-order valence-corrected chi connectivity index (χ0v) is 15.7. The Morgan fingerprint density at radius 3 is 2.84 bits per heavy atom. The highest BCUT2D eigenvalue weighted by atomic mass is 35.5. The highest BCUT2D eigenvalue weighted by molar-refractivity contribution is 6.30. The predicted molar refractivity (Wildman–Crippen MR) is 101 cm³/mol. The van der Waals surface area contributed by atoms with Crippen molar-refractivity contribution in [3.8, 4) is 0 Å². The van der Waals surface area contributed by atoms with Crippen LogP contribution in [0.3, 0.4) is 0 Å². The lowest BCUT2D eigenvalue weighted by Crippen LogP contribution is -2.45.